The molecule has 6 nitrogen and oxygen atoms in total. The lowest BCUT2D eigenvalue weighted by atomic mass is 10.1. The zero-order valence-corrected chi connectivity index (χ0v) is 8.77. The summed E-state index contributed by atoms with van der Waals surface area (Å²) in [5, 5.41) is 13.6. The average Bonchev–Trinajstić information content (AvgIpc) is 2.58. The summed E-state index contributed by atoms with van der Waals surface area (Å²) in [6.45, 7) is 0. The zero-order valence-electron chi connectivity index (χ0n) is 8.77. The Morgan fingerprint density at radius 1 is 1.29 bits per heavy atom. The van der Waals surface area contributed by atoms with Gasteiger partial charge in [-0.2, -0.15) is 0 Å². The molecule has 0 saturated carbocycles. The van der Waals surface area contributed by atoms with Gasteiger partial charge in [-0.05, 0) is 24.3 Å². The molecular formula is C11H10N2O4. The van der Waals surface area contributed by atoms with Crippen molar-refractivity contribution < 1.29 is 19.5 Å². The number of carbonyl (C=O) groups is 3. The summed E-state index contributed by atoms with van der Waals surface area (Å²) >= 11 is 0. The Morgan fingerprint density at radius 3 is 2.47 bits per heavy atom. The molecule has 1 aromatic carbocycles. The van der Waals surface area contributed by atoms with Gasteiger partial charge in [-0.1, -0.05) is 0 Å². The molecule has 1 heterocycles. The van der Waals surface area contributed by atoms with E-state index in [1.54, 1.807) is 0 Å². The molecule has 0 aliphatic carbocycles. The SMILES string of the molecule is O=C1CC(NC(=O)c2ccc(O)cc2)C(=O)N1. The maximum absolute atomic E-state index is 11.7. The van der Waals surface area contributed by atoms with Crippen LogP contribution in [0, 0.1) is 0 Å². The van der Waals surface area contributed by atoms with Gasteiger partial charge < -0.3 is 10.4 Å². The Bertz CT molecular complexity index is 481. The van der Waals surface area contributed by atoms with Gasteiger partial charge >= 0.3 is 0 Å². The number of carbonyl (C=O) groups excluding carboxylic acids is 3. The van der Waals surface area contributed by atoms with Crippen LogP contribution >= 0.6 is 0 Å². The topological polar surface area (TPSA) is 95.5 Å². The summed E-state index contributed by atoms with van der Waals surface area (Å²) in [5.74, 6) is -1.30. The van der Waals surface area contributed by atoms with Gasteiger partial charge in [0.2, 0.25) is 11.8 Å². The highest BCUT2D eigenvalue weighted by molar-refractivity contribution is 6.08. The molecule has 3 N–H and O–H groups in total. The third-order valence-corrected chi connectivity index (χ3v) is 2.40. The summed E-state index contributed by atoms with van der Waals surface area (Å²) < 4.78 is 0. The van der Waals surface area contributed by atoms with Gasteiger partial charge in [0.05, 0.1) is 6.42 Å². The number of hydrogen-bond acceptors (Lipinski definition) is 4. The number of phenolic OH excluding ortho intramolecular Hbond substituents is 1. The Labute approximate surface area is 96.6 Å². The summed E-state index contributed by atoms with van der Waals surface area (Å²) in [4.78, 5) is 33.8. The van der Waals surface area contributed by atoms with E-state index >= 15 is 0 Å². The minimum atomic E-state index is -0.816. The molecule has 17 heavy (non-hydrogen) atoms. The second-order valence-electron chi connectivity index (χ2n) is 3.69. The molecule has 1 unspecified atom stereocenters. The van der Waals surface area contributed by atoms with Gasteiger partial charge in [0.1, 0.15) is 11.8 Å². The third-order valence-electron chi connectivity index (χ3n) is 2.40. The number of aromatic hydroxyl groups is 1. The van der Waals surface area contributed by atoms with E-state index in [1.807, 2.05) is 0 Å². The van der Waals surface area contributed by atoms with Crippen molar-refractivity contribution in [1.82, 2.24) is 10.6 Å². The smallest absolute Gasteiger partial charge is 0.251 e. The van der Waals surface area contributed by atoms with E-state index in [0.29, 0.717) is 5.56 Å². The molecule has 88 valence electrons. The Balaban J connectivity index is 2.04. The maximum Gasteiger partial charge on any atom is 0.251 e. The van der Waals surface area contributed by atoms with E-state index < -0.39 is 23.8 Å². The van der Waals surface area contributed by atoms with Crippen LogP contribution in [0.5, 0.6) is 5.75 Å². The van der Waals surface area contributed by atoms with Gasteiger partial charge in [0.15, 0.2) is 0 Å². The average molecular weight is 234 g/mol. The lowest BCUT2D eigenvalue weighted by Crippen LogP contribution is -2.40. The van der Waals surface area contributed by atoms with E-state index in [9.17, 15) is 14.4 Å². The van der Waals surface area contributed by atoms with Crippen molar-refractivity contribution in [3.05, 3.63) is 29.8 Å². The fraction of sp³-hybridized carbons (Fsp3) is 0.182. The molecule has 1 aliphatic heterocycles. The molecular weight excluding hydrogens is 224 g/mol. The summed E-state index contributed by atoms with van der Waals surface area (Å²) in [6.07, 6.45) is -0.0390. The van der Waals surface area contributed by atoms with Crippen LogP contribution < -0.4 is 10.6 Å². The molecule has 3 amide bonds. The fourth-order valence-electron chi connectivity index (χ4n) is 1.52. The van der Waals surface area contributed by atoms with Crippen molar-refractivity contribution in [2.75, 3.05) is 0 Å². The van der Waals surface area contributed by atoms with E-state index in [2.05, 4.69) is 10.6 Å². The molecule has 6 heteroatoms. The predicted molar refractivity (Wildman–Crippen MR) is 57.1 cm³/mol. The van der Waals surface area contributed by atoms with Crippen LogP contribution in [-0.4, -0.2) is 28.9 Å². The molecule has 0 spiro atoms. The molecule has 1 aromatic rings. The lowest BCUT2D eigenvalue weighted by Gasteiger charge is -2.08. The highest BCUT2D eigenvalue weighted by atomic mass is 16.3. The van der Waals surface area contributed by atoms with Gasteiger partial charge in [0, 0.05) is 5.56 Å². The lowest BCUT2D eigenvalue weighted by molar-refractivity contribution is -0.125. The molecule has 1 fully saturated rings. The standard InChI is InChI=1S/C11H10N2O4/c14-7-3-1-6(2-4-7)10(16)12-8-5-9(15)13-11(8)17/h1-4,8,14H,5H2,(H,12,16)(H,13,15,17). The molecule has 1 saturated heterocycles. The van der Waals surface area contributed by atoms with Crippen LogP contribution in [-0.2, 0) is 9.59 Å². The number of rotatable bonds is 2. The number of nitrogens with one attached hydrogen (secondary N) is 2. The first-order valence-electron chi connectivity index (χ1n) is 5.00. The number of benzene rings is 1. The summed E-state index contributed by atoms with van der Waals surface area (Å²) in [7, 11) is 0. The molecule has 1 aliphatic rings. The van der Waals surface area contributed by atoms with Gasteiger partial charge in [0.25, 0.3) is 5.91 Å². The van der Waals surface area contributed by atoms with Crippen LogP contribution in [0.25, 0.3) is 0 Å². The van der Waals surface area contributed by atoms with Crippen molar-refractivity contribution >= 4 is 17.7 Å². The van der Waals surface area contributed by atoms with E-state index in [-0.39, 0.29) is 12.2 Å². The van der Waals surface area contributed by atoms with Crippen molar-refractivity contribution in [2.45, 2.75) is 12.5 Å². The molecule has 2 rings (SSSR count). The minimum absolute atomic E-state index is 0.0390. The van der Waals surface area contributed by atoms with Gasteiger partial charge in [-0.25, -0.2) is 0 Å². The maximum atomic E-state index is 11.7. The van der Waals surface area contributed by atoms with Crippen molar-refractivity contribution in [1.29, 1.82) is 0 Å². The van der Waals surface area contributed by atoms with E-state index in [4.69, 9.17) is 5.11 Å². The first-order chi connectivity index (χ1) is 8.06. The second-order valence-corrected chi connectivity index (χ2v) is 3.69. The van der Waals surface area contributed by atoms with Crippen LogP contribution in [0.3, 0.4) is 0 Å². The van der Waals surface area contributed by atoms with Crippen molar-refractivity contribution in [3.63, 3.8) is 0 Å². The normalized spacial score (nSPS) is 18.9. The van der Waals surface area contributed by atoms with Crippen LogP contribution in [0.4, 0.5) is 0 Å². The third kappa shape index (κ3) is 2.41. The fourth-order valence-corrected chi connectivity index (χ4v) is 1.52. The van der Waals surface area contributed by atoms with Crippen LogP contribution in [0.1, 0.15) is 16.8 Å². The predicted octanol–water partition coefficient (Wildman–Crippen LogP) is -0.463. The van der Waals surface area contributed by atoms with E-state index in [0.717, 1.165) is 0 Å². The van der Waals surface area contributed by atoms with Gasteiger partial charge in [-0.15, -0.1) is 0 Å². The quantitative estimate of drug-likeness (QED) is 0.603. The monoisotopic (exact) mass is 234 g/mol. The highest BCUT2D eigenvalue weighted by Gasteiger charge is 2.31. The van der Waals surface area contributed by atoms with E-state index in [1.165, 1.54) is 24.3 Å². The van der Waals surface area contributed by atoms with Crippen LogP contribution in [0.2, 0.25) is 0 Å². The molecule has 0 aromatic heterocycles. The Kier molecular flexibility index (Phi) is 2.78. The largest absolute Gasteiger partial charge is 0.508 e. The minimum Gasteiger partial charge on any atom is -0.508 e. The van der Waals surface area contributed by atoms with Crippen molar-refractivity contribution in [3.8, 4) is 5.75 Å². The second kappa shape index (κ2) is 4.25. The first-order valence-corrected chi connectivity index (χ1v) is 5.00. The Morgan fingerprint density at radius 2 is 1.94 bits per heavy atom. The summed E-state index contributed by atoms with van der Waals surface area (Å²) in [6, 6.07) is 4.78. The van der Waals surface area contributed by atoms with Crippen molar-refractivity contribution in [2.24, 2.45) is 0 Å². The number of phenols is 1. The van der Waals surface area contributed by atoms with Crippen LogP contribution in [0.15, 0.2) is 24.3 Å². The Hall–Kier alpha value is -2.37. The summed E-state index contributed by atoms with van der Waals surface area (Å²) in [5.41, 5.74) is 0.315. The number of hydrogen-bond donors (Lipinski definition) is 3. The zero-order chi connectivity index (χ0) is 12.4. The number of imide groups is 1. The molecule has 1 atom stereocenters. The van der Waals surface area contributed by atoms with Gasteiger partial charge in [-0.3, -0.25) is 19.7 Å². The highest BCUT2D eigenvalue weighted by Crippen LogP contribution is 2.10. The molecule has 0 radical (unpaired) electrons. The first kappa shape index (κ1) is 11.1. The molecule has 0 bridgehead atoms. The number of amides is 3.